The van der Waals surface area contributed by atoms with Crippen LogP contribution in [0.25, 0.3) is 16.7 Å². The molecule has 30 heavy (non-hydrogen) atoms. The number of aromatic nitrogens is 4. The van der Waals surface area contributed by atoms with Gasteiger partial charge in [0.15, 0.2) is 17.1 Å². The topological polar surface area (TPSA) is 94.1 Å². The van der Waals surface area contributed by atoms with Gasteiger partial charge in [0.05, 0.1) is 19.0 Å². The zero-order valence-electron chi connectivity index (χ0n) is 15.8. The number of anilines is 1. The fourth-order valence-corrected chi connectivity index (χ4v) is 2.97. The molecule has 0 saturated carbocycles. The van der Waals surface area contributed by atoms with Crippen molar-refractivity contribution in [1.29, 1.82) is 0 Å². The minimum absolute atomic E-state index is 0.0779. The molecule has 2 N–H and O–H groups in total. The first-order chi connectivity index (χ1) is 14.5. The van der Waals surface area contributed by atoms with E-state index in [1.807, 2.05) is 30.3 Å². The van der Waals surface area contributed by atoms with Gasteiger partial charge in [-0.3, -0.25) is 9.78 Å². The zero-order chi connectivity index (χ0) is 21.1. The second-order valence-electron chi connectivity index (χ2n) is 6.26. The molecule has 2 aromatic carbocycles. The minimum Gasteiger partial charge on any atom is -0.493 e. The van der Waals surface area contributed by atoms with Crippen molar-refractivity contribution in [2.75, 3.05) is 12.4 Å². The van der Waals surface area contributed by atoms with E-state index in [1.54, 1.807) is 10.7 Å². The molecule has 0 unspecified atom stereocenters. The summed E-state index contributed by atoms with van der Waals surface area (Å²) in [6, 6.07) is 13.9. The predicted molar refractivity (Wildman–Crippen MR) is 106 cm³/mol. The van der Waals surface area contributed by atoms with E-state index in [0.29, 0.717) is 16.6 Å². The van der Waals surface area contributed by atoms with E-state index in [2.05, 4.69) is 25.1 Å². The molecular weight excluding hydrogens is 396 g/mol. The molecule has 4 rings (SSSR count). The lowest BCUT2D eigenvalue weighted by atomic mass is 10.2. The Morgan fingerprint density at radius 3 is 2.70 bits per heavy atom. The molecule has 154 valence electrons. The molecule has 8 nitrogen and oxygen atoms in total. The fourth-order valence-electron chi connectivity index (χ4n) is 2.97. The van der Waals surface area contributed by atoms with Crippen LogP contribution in [0.2, 0.25) is 0 Å². The van der Waals surface area contributed by atoms with Crippen LogP contribution < -0.4 is 20.3 Å². The van der Waals surface area contributed by atoms with E-state index >= 15 is 0 Å². The molecule has 0 amide bonds. The molecular formula is C20H17F2N5O3. The molecule has 2 aromatic heterocycles. The number of hydrogen-bond acceptors (Lipinski definition) is 6. The maximum absolute atomic E-state index is 12.6. The van der Waals surface area contributed by atoms with Gasteiger partial charge < -0.3 is 14.8 Å². The minimum atomic E-state index is -2.97. The number of benzene rings is 2. The summed E-state index contributed by atoms with van der Waals surface area (Å²) in [5.74, 6) is 0.335. The van der Waals surface area contributed by atoms with Crippen molar-refractivity contribution in [3.63, 3.8) is 0 Å². The smallest absolute Gasteiger partial charge is 0.387 e. The van der Waals surface area contributed by atoms with Crippen LogP contribution in [-0.4, -0.2) is 33.5 Å². The highest BCUT2D eigenvalue weighted by molar-refractivity contribution is 5.76. The quantitative estimate of drug-likeness (QED) is 0.483. The maximum Gasteiger partial charge on any atom is 0.387 e. The number of para-hydroxylation sites is 1. The molecule has 0 bridgehead atoms. The van der Waals surface area contributed by atoms with Gasteiger partial charge in [-0.1, -0.05) is 24.3 Å². The number of H-pyrrole nitrogens is 1. The summed E-state index contributed by atoms with van der Waals surface area (Å²) in [7, 11) is 1.37. The van der Waals surface area contributed by atoms with E-state index in [9.17, 15) is 13.6 Å². The highest BCUT2D eigenvalue weighted by Gasteiger charge is 2.13. The number of hydrogen-bond donors (Lipinski definition) is 2. The highest BCUT2D eigenvalue weighted by Crippen LogP contribution is 2.29. The van der Waals surface area contributed by atoms with Gasteiger partial charge in [0.25, 0.3) is 5.56 Å². The summed E-state index contributed by atoms with van der Waals surface area (Å²) in [5, 5.41) is 7.59. The summed E-state index contributed by atoms with van der Waals surface area (Å²) in [5.41, 5.74) is 1.44. The maximum atomic E-state index is 12.6. The van der Waals surface area contributed by atoms with E-state index in [-0.39, 0.29) is 29.6 Å². The van der Waals surface area contributed by atoms with Gasteiger partial charge in [-0.25, -0.2) is 4.68 Å². The van der Waals surface area contributed by atoms with E-state index in [0.717, 1.165) is 5.69 Å². The molecule has 0 aliphatic heterocycles. The Hall–Kier alpha value is -3.95. The van der Waals surface area contributed by atoms with Crippen LogP contribution in [0, 0.1) is 0 Å². The molecule has 0 radical (unpaired) electrons. The Balaban J connectivity index is 1.61. The molecule has 10 heteroatoms. The summed E-state index contributed by atoms with van der Waals surface area (Å²) < 4.78 is 36.3. The lowest BCUT2D eigenvalue weighted by Crippen LogP contribution is -2.13. The number of nitrogens with zero attached hydrogens (tertiary/aromatic N) is 3. The lowest BCUT2D eigenvalue weighted by molar-refractivity contribution is -0.0512. The number of nitrogens with one attached hydrogen (secondary N) is 2. The van der Waals surface area contributed by atoms with Crippen molar-refractivity contribution < 1.29 is 18.3 Å². The third-order valence-electron chi connectivity index (χ3n) is 4.34. The largest absolute Gasteiger partial charge is 0.493 e. The SMILES string of the molecule is COc1ccc(CNc2nc3c(cnn3-c3ccccc3)c(=O)[nH]2)cc1OC(F)F. The molecule has 0 saturated heterocycles. The second kappa shape index (κ2) is 8.19. The number of methoxy groups -OCH3 is 1. The highest BCUT2D eigenvalue weighted by atomic mass is 19.3. The van der Waals surface area contributed by atoms with E-state index in [1.165, 1.54) is 25.4 Å². The van der Waals surface area contributed by atoms with Crippen LogP contribution in [0.1, 0.15) is 5.56 Å². The summed E-state index contributed by atoms with van der Waals surface area (Å²) in [6.45, 7) is -2.77. The Morgan fingerprint density at radius 2 is 1.97 bits per heavy atom. The number of fused-ring (bicyclic) bond motifs is 1. The van der Waals surface area contributed by atoms with Crippen molar-refractivity contribution >= 4 is 17.0 Å². The first-order valence-electron chi connectivity index (χ1n) is 8.94. The van der Waals surface area contributed by atoms with Gasteiger partial charge >= 0.3 is 6.61 Å². The average molecular weight is 413 g/mol. The number of rotatable bonds is 7. The zero-order valence-corrected chi connectivity index (χ0v) is 15.8. The molecule has 0 fully saturated rings. The molecule has 0 aliphatic carbocycles. The lowest BCUT2D eigenvalue weighted by Gasteiger charge is -2.12. The molecule has 0 aliphatic rings. The number of alkyl halides is 2. The van der Waals surface area contributed by atoms with Gasteiger partial charge in [-0.15, -0.1) is 0 Å². The van der Waals surface area contributed by atoms with E-state index < -0.39 is 6.61 Å². The normalized spacial score (nSPS) is 11.1. The second-order valence-corrected chi connectivity index (χ2v) is 6.26. The Morgan fingerprint density at radius 1 is 1.17 bits per heavy atom. The molecule has 0 atom stereocenters. The van der Waals surface area contributed by atoms with Crippen molar-refractivity contribution in [3.05, 3.63) is 70.6 Å². The molecule has 4 aromatic rings. The Labute approximate surface area is 169 Å². The molecule has 2 heterocycles. The Bertz CT molecular complexity index is 1220. The number of aromatic amines is 1. The summed E-state index contributed by atoms with van der Waals surface area (Å²) in [4.78, 5) is 19.5. The summed E-state index contributed by atoms with van der Waals surface area (Å²) >= 11 is 0. The van der Waals surface area contributed by atoms with Crippen molar-refractivity contribution in [2.24, 2.45) is 0 Å². The van der Waals surface area contributed by atoms with Gasteiger partial charge in [-0.2, -0.15) is 18.9 Å². The van der Waals surface area contributed by atoms with Crippen molar-refractivity contribution in [2.45, 2.75) is 13.2 Å². The standard InChI is InChI=1S/C20H17F2N5O3/c1-29-15-8-7-12(9-16(15)30-19(21)22)10-23-20-25-17-14(18(28)26-20)11-24-27(17)13-5-3-2-4-6-13/h2-9,11,19H,10H2,1H3,(H2,23,25,26,28). The van der Waals surface area contributed by atoms with Crippen LogP contribution in [0.4, 0.5) is 14.7 Å². The van der Waals surface area contributed by atoms with Crippen LogP contribution >= 0.6 is 0 Å². The Kier molecular flexibility index (Phi) is 5.29. The van der Waals surface area contributed by atoms with Gasteiger partial charge in [0.2, 0.25) is 5.95 Å². The van der Waals surface area contributed by atoms with Crippen LogP contribution in [0.5, 0.6) is 11.5 Å². The third kappa shape index (κ3) is 3.93. The van der Waals surface area contributed by atoms with Crippen LogP contribution in [-0.2, 0) is 6.54 Å². The van der Waals surface area contributed by atoms with Gasteiger partial charge in [-0.05, 0) is 29.8 Å². The molecule has 0 spiro atoms. The average Bonchev–Trinajstić information content (AvgIpc) is 3.17. The van der Waals surface area contributed by atoms with E-state index in [4.69, 9.17) is 4.74 Å². The fraction of sp³-hybridized carbons (Fsp3) is 0.150. The first-order valence-corrected chi connectivity index (χ1v) is 8.94. The van der Waals surface area contributed by atoms with Gasteiger partial charge in [0.1, 0.15) is 5.39 Å². The monoisotopic (exact) mass is 413 g/mol. The number of halogens is 2. The predicted octanol–water partition coefficient (Wildman–Crippen LogP) is 3.33. The number of ether oxygens (including phenoxy) is 2. The third-order valence-corrected chi connectivity index (χ3v) is 4.34. The first kappa shape index (κ1) is 19.4. The van der Waals surface area contributed by atoms with Crippen LogP contribution in [0.3, 0.4) is 0 Å². The van der Waals surface area contributed by atoms with Gasteiger partial charge in [0, 0.05) is 6.54 Å². The van der Waals surface area contributed by atoms with Crippen LogP contribution in [0.15, 0.2) is 59.5 Å². The van der Waals surface area contributed by atoms with Crippen molar-refractivity contribution in [3.8, 4) is 17.2 Å². The van der Waals surface area contributed by atoms with Crippen molar-refractivity contribution in [1.82, 2.24) is 19.7 Å². The summed E-state index contributed by atoms with van der Waals surface area (Å²) in [6.07, 6.45) is 1.45.